The van der Waals surface area contributed by atoms with Crippen LogP contribution in [0.25, 0.3) is 0 Å². The molecule has 10 heavy (non-hydrogen) atoms. The van der Waals surface area contributed by atoms with Gasteiger partial charge in [0, 0.05) is 13.1 Å². The summed E-state index contributed by atoms with van der Waals surface area (Å²) in [6, 6.07) is 0.0220. The van der Waals surface area contributed by atoms with E-state index in [1.54, 1.807) is 4.90 Å². The Morgan fingerprint density at radius 2 is 2.50 bits per heavy atom. The van der Waals surface area contributed by atoms with Gasteiger partial charge in [-0.25, -0.2) is 4.79 Å². The molecule has 0 aromatic carbocycles. The first kappa shape index (κ1) is 5.97. The highest BCUT2D eigenvalue weighted by molar-refractivity contribution is 5.75. The van der Waals surface area contributed by atoms with Crippen molar-refractivity contribution in [1.29, 1.82) is 0 Å². The van der Waals surface area contributed by atoms with Crippen molar-refractivity contribution in [2.75, 3.05) is 19.7 Å². The largest absolute Gasteiger partial charge is 0.351 e. The summed E-state index contributed by atoms with van der Waals surface area (Å²) in [4.78, 5) is 12.8. The molecule has 0 spiro atoms. The van der Waals surface area contributed by atoms with Gasteiger partial charge < -0.3 is 10.1 Å². The lowest BCUT2D eigenvalue weighted by molar-refractivity contribution is 0.154. The lowest BCUT2D eigenvalue weighted by Crippen LogP contribution is -2.47. The predicted octanol–water partition coefficient (Wildman–Crippen LogP) is -0.242. The normalized spacial score (nSPS) is 31.8. The Labute approximate surface area is 59.1 Å². The lowest BCUT2D eigenvalue weighted by atomic mass is 10.3. The second-order valence-corrected chi connectivity index (χ2v) is 2.57. The molecule has 0 saturated carbocycles. The second kappa shape index (κ2) is 2.12. The maximum absolute atomic E-state index is 11.0. The number of amides is 2. The Hall–Kier alpha value is -0.770. The maximum Gasteiger partial charge on any atom is 0.319 e. The average Bonchev–Trinajstić information content (AvgIpc) is 2.71. The van der Waals surface area contributed by atoms with Crippen LogP contribution in [0.2, 0.25) is 0 Å². The van der Waals surface area contributed by atoms with Gasteiger partial charge in [0.25, 0.3) is 0 Å². The average molecular weight is 142 g/mol. The van der Waals surface area contributed by atoms with E-state index in [0.717, 1.165) is 19.5 Å². The Kier molecular flexibility index (Phi) is 1.27. The van der Waals surface area contributed by atoms with Gasteiger partial charge in [-0.1, -0.05) is 0 Å². The van der Waals surface area contributed by atoms with Crippen molar-refractivity contribution in [2.24, 2.45) is 0 Å². The molecule has 0 radical (unpaired) electrons. The van der Waals surface area contributed by atoms with E-state index in [1.165, 1.54) is 0 Å². The monoisotopic (exact) mass is 142 g/mol. The summed E-state index contributed by atoms with van der Waals surface area (Å²) in [6.45, 7) is 2.37. The van der Waals surface area contributed by atoms with E-state index in [0.29, 0.717) is 6.61 Å². The maximum atomic E-state index is 11.0. The molecule has 1 unspecified atom stereocenters. The summed E-state index contributed by atoms with van der Waals surface area (Å²) in [5, 5.41) is 2.76. The van der Waals surface area contributed by atoms with Crippen LogP contribution in [0.3, 0.4) is 0 Å². The number of epoxide rings is 1. The van der Waals surface area contributed by atoms with Crippen molar-refractivity contribution in [2.45, 2.75) is 12.6 Å². The van der Waals surface area contributed by atoms with Crippen LogP contribution in [0.5, 0.6) is 0 Å². The van der Waals surface area contributed by atoms with E-state index < -0.39 is 0 Å². The van der Waals surface area contributed by atoms with Crippen molar-refractivity contribution < 1.29 is 9.53 Å². The van der Waals surface area contributed by atoms with Crippen LogP contribution in [0.1, 0.15) is 6.42 Å². The third-order valence-electron chi connectivity index (χ3n) is 1.78. The van der Waals surface area contributed by atoms with Gasteiger partial charge >= 0.3 is 6.03 Å². The van der Waals surface area contributed by atoms with Gasteiger partial charge in [0.1, 0.15) is 0 Å². The van der Waals surface area contributed by atoms with Gasteiger partial charge in [0.05, 0.1) is 6.61 Å². The van der Waals surface area contributed by atoms with Crippen molar-refractivity contribution >= 4 is 6.03 Å². The van der Waals surface area contributed by atoms with Crippen LogP contribution in [-0.2, 0) is 4.74 Å². The molecule has 2 aliphatic rings. The second-order valence-electron chi connectivity index (χ2n) is 2.57. The van der Waals surface area contributed by atoms with Crippen LogP contribution in [0, 0.1) is 0 Å². The first-order valence-electron chi connectivity index (χ1n) is 3.54. The minimum Gasteiger partial charge on any atom is -0.351 e. The zero-order valence-corrected chi connectivity index (χ0v) is 5.67. The molecule has 4 nitrogen and oxygen atoms in total. The molecule has 2 heterocycles. The summed E-state index contributed by atoms with van der Waals surface area (Å²) in [5.74, 6) is 0. The number of hydrogen-bond acceptors (Lipinski definition) is 2. The van der Waals surface area contributed by atoms with Crippen LogP contribution >= 0.6 is 0 Å². The van der Waals surface area contributed by atoms with Crippen LogP contribution in [0.15, 0.2) is 0 Å². The third-order valence-corrected chi connectivity index (χ3v) is 1.78. The molecule has 2 rings (SSSR count). The fraction of sp³-hybridized carbons (Fsp3) is 0.833. The topological polar surface area (TPSA) is 44.9 Å². The molecule has 0 aromatic heterocycles. The molecule has 0 aromatic rings. The number of ether oxygens (including phenoxy) is 1. The number of hydrogen-bond donors (Lipinski definition) is 1. The molecule has 2 amide bonds. The summed E-state index contributed by atoms with van der Waals surface area (Å²) >= 11 is 0. The number of urea groups is 1. The van der Waals surface area contributed by atoms with Crippen molar-refractivity contribution in [1.82, 2.24) is 10.2 Å². The van der Waals surface area contributed by atoms with Gasteiger partial charge in [-0.3, -0.25) is 4.90 Å². The minimum atomic E-state index is 0.0220. The van der Waals surface area contributed by atoms with Crippen molar-refractivity contribution in [3.63, 3.8) is 0 Å². The molecule has 2 saturated heterocycles. The third kappa shape index (κ3) is 0.945. The molecule has 2 aliphatic heterocycles. The molecule has 56 valence electrons. The number of nitrogens with zero attached hydrogens (tertiary/aromatic N) is 1. The van der Waals surface area contributed by atoms with Crippen molar-refractivity contribution in [3.05, 3.63) is 0 Å². The Balaban J connectivity index is 1.96. The van der Waals surface area contributed by atoms with E-state index in [1.807, 2.05) is 0 Å². The molecule has 0 bridgehead atoms. The molecular weight excluding hydrogens is 132 g/mol. The molecule has 0 aliphatic carbocycles. The van der Waals surface area contributed by atoms with E-state index in [-0.39, 0.29) is 12.3 Å². The van der Waals surface area contributed by atoms with Crippen LogP contribution < -0.4 is 5.32 Å². The Bertz CT molecular complexity index is 156. The van der Waals surface area contributed by atoms with Gasteiger partial charge in [-0.05, 0) is 6.42 Å². The van der Waals surface area contributed by atoms with Gasteiger partial charge in [0.15, 0.2) is 6.23 Å². The van der Waals surface area contributed by atoms with Crippen LogP contribution in [0.4, 0.5) is 4.79 Å². The molecule has 1 N–H and O–H groups in total. The smallest absolute Gasteiger partial charge is 0.319 e. The first-order chi connectivity index (χ1) is 4.88. The molecular formula is C6H10N2O2. The van der Waals surface area contributed by atoms with Gasteiger partial charge in [0.2, 0.25) is 0 Å². The number of carbonyl (C=O) groups is 1. The number of rotatable bonds is 1. The standard InChI is InChI=1S/C6H10N2O2/c9-6-7-2-1-3-8(6)5-4-10-5/h5H,1-4H2,(H,7,9). The number of carbonyl (C=O) groups excluding carboxylic acids is 1. The molecule has 4 heteroatoms. The highest BCUT2D eigenvalue weighted by atomic mass is 16.6. The van der Waals surface area contributed by atoms with Gasteiger partial charge in [-0.15, -0.1) is 0 Å². The summed E-state index contributed by atoms with van der Waals surface area (Å²) in [7, 11) is 0. The summed E-state index contributed by atoms with van der Waals surface area (Å²) in [6.07, 6.45) is 1.12. The fourth-order valence-corrected chi connectivity index (χ4v) is 1.15. The van der Waals surface area contributed by atoms with E-state index in [2.05, 4.69) is 5.32 Å². The predicted molar refractivity (Wildman–Crippen MR) is 34.5 cm³/mol. The molecule has 1 atom stereocenters. The minimum absolute atomic E-state index is 0.0220. The Morgan fingerprint density at radius 1 is 1.70 bits per heavy atom. The summed E-state index contributed by atoms with van der Waals surface area (Å²) in [5.41, 5.74) is 0. The fourth-order valence-electron chi connectivity index (χ4n) is 1.15. The molecule has 2 fully saturated rings. The van der Waals surface area contributed by atoms with Gasteiger partial charge in [-0.2, -0.15) is 0 Å². The van der Waals surface area contributed by atoms with E-state index in [4.69, 9.17) is 4.74 Å². The lowest BCUT2D eigenvalue weighted by Gasteiger charge is -2.25. The number of nitrogens with one attached hydrogen (secondary N) is 1. The zero-order chi connectivity index (χ0) is 6.97. The Morgan fingerprint density at radius 3 is 3.10 bits per heavy atom. The SMILES string of the molecule is O=C1NCCCN1C1CO1. The van der Waals surface area contributed by atoms with E-state index in [9.17, 15) is 4.79 Å². The first-order valence-corrected chi connectivity index (χ1v) is 3.54. The van der Waals surface area contributed by atoms with Crippen LogP contribution in [-0.4, -0.2) is 36.9 Å². The van der Waals surface area contributed by atoms with Crippen molar-refractivity contribution in [3.8, 4) is 0 Å². The quantitative estimate of drug-likeness (QED) is 0.513. The summed E-state index contributed by atoms with van der Waals surface area (Å²) < 4.78 is 4.98. The van der Waals surface area contributed by atoms with E-state index >= 15 is 0 Å². The highest BCUT2D eigenvalue weighted by Gasteiger charge is 2.34. The highest BCUT2D eigenvalue weighted by Crippen LogP contribution is 2.16. The zero-order valence-electron chi connectivity index (χ0n) is 5.67.